The number of benzene rings is 2. The van der Waals surface area contributed by atoms with E-state index in [-0.39, 0.29) is 5.56 Å². The molecule has 0 aliphatic carbocycles. The Morgan fingerprint density at radius 2 is 1.48 bits per heavy atom. The van der Waals surface area contributed by atoms with Crippen LogP contribution in [0.15, 0.2) is 45.3 Å². The van der Waals surface area contributed by atoms with Crippen molar-refractivity contribution in [1.29, 1.82) is 10.5 Å². The second kappa shape index (κ2) is 8.41. The topological polar surface area (TPSA) is 59.6 Å². The van der Waals surface area contributed by atoms with Gasteiger partial charge in [0.1, 0.15) is 23.5 Å². The summed E-state index contributed by atoms with van der Waals surface area (Å²) < 4.78 is 13.9. The third kappa shape index (κ3) is 4.56. The van der Waals surface area contributed by atoms with E-state index in [2.05, 4.69) is 43.2 Å². The van der Waals surface area contributed by atoms with E-state index < -0.39 is 5.82 Å². The summed E-state index contributed by atoms with van der Waals surface area (Å²) in [6.07, 6.45) is 0. The SMILES string of the molecule is CNc1cccc(Br)c1C#N.N#Cc1c(F)cccc1Br. The molecule has 2 aromatic rings. The van der Waals surface area contributed by atoms with E-state index in [1.54, 1.807) is 25.2 Å². The van der Waals surface area contributed by atoms with Gasteiger partial charge in [0.25, 0.3) is 0 Å². The zero-order valence-corrected chi connectivity index (χ0v) is 14.2. The van der Waals surface area contributed by atoms with Gasteiger partial charge in [-0.2, -0.15) is 10.5 Å². The minimum Gasteiger partial charge on any atom is -0.387 e. The Morgan fingerprint density at radius 3 is 1.86 bits per heavy atom. The van der Waals surface area contributed by atoms with Crippen molar-refractivity contribution in [2.45, 2.75) is 0 Å². The first-order valence-electron chi connectivity index (χ1n) is 5.75. The number of nitrogens with zero attached hydrogens (tertiary/aromatic N) is 2. The van der Waals surface area contributed by atoms with Gasteiger partial charge < -0.3 is 5.32 Å². The third-order valence-electron chi connectivity index (χ3n) is 2.47. The van der Waals surface area contributed by atoms with Crippen LogP contribution in [-0.4, -0.2) is 7.05 Å². The molecule has 3 nitrogen and oxygen atoms in total. The lowest BCUT2D eigenvalue weighted by Crippen LogP contribution is -1.91. The van der Waals surface area contributed by atoms with Crippen molar-refractivity contribution in [3.8, 4) is 12.1 Å². The van der Waals surface area contributed by atoms with Crippen molar-refractivity contribution in [3.05, 3.63) is 62.3 Å². The van der Waals surface area contributed by atoms with E-state index >= 15 is 0 Å². The lowest BCUT2D eigenvalue weighted by atomic mass is 10.2. The molecule has 106 valence electrons. The summed E-state index contributed by atoms with van der Waals surface area (Å²) in [4.78, 5) is 0. The van der Waals surface area contributed by atoms with Gasteiger partial charge in [-0.15, -0.1) is 0 Å². The van der Waals surface area contributed by atoms with E-state index in [1.807, 2.05) is 18.2 Å². The van der Waals surface area contributed by atoms with Crippen molar-refractivity contribution in [3.63, 3.8) is 0 Å². The summed E-state index contributed by atoms with van der Waals surface area (Å²) in [5, 5.41) is 20.0. The summed E-state index contributed by atoms with van der Waals surface area (Å²) in [6, 6.07) is 13.9. The highest BCUT2D eigenvalue weighted by Gasteiger charge is 2.03. The number of rotatable bonds is 1. The smallest absolute Gasteiger partial charge is 0.142 e. The Balaban J connectivity index is 0.000000211. The zero-order valence-electron chi connectivity index (χ0n) is 11.0. The van der Waals surface area contributed by atoms with Gasteiger partial charge in [-0.05, 0) is 56.1 Å². The molecule has 0 fully saturated rings. The zero-order chi connectivity index (χ0) is 15.8. The molecule has 0 bridgehead atoms. The van der Waals surface area contributed by atoms with Crippen LogP contribution >= 0.6 is 31.9 Å². The number of nitriles is 2. The van der Waals surface area contributed by atoms with Gasteiger partial charge in [0.2, 0.25) is 0 Å². The highest BCUT2D eigenvalue weighted by Crippen LogP contribution is 2.22. The molecule has 6 heteroatoms. The Labute approximate surface area is 139 Å². The summed E-state index contributed by atoms with van der Waals surface area (Å²) in [5.74, 6) is -0.489. The van der Waals surface area contributed by atoms with E-state index in [1.165, 1.54) is 6.07 Å². The van der Waals surface area contributed by atoms with Crippen LogP contribution in [0.25, 0.3) is 0 Å². The average Bonchev–Trinajstić information content (AvgIpc) is 2.48. The molecule has 0 saturated heterocycles. The van der Waals surface area contributed by atoms with Crippen LogP contribution in [0.2, 0.25) is 0 Å². The molecule has 0 atom stereocenters. The molecule has 21 heavy (non-hydrogen) atoms. The normalized spacial score (nSPS) is 8.86. The first kappa shape index (κ1) is 17.2. The molecule has 0 aliphatic heterocycles. The van der Waals surface area contributed by atoms with Crippen LogP contribution in [0.1, 0.15) is 11.1 Å². The van der Waals surface area contributed by atoms with Crippen molar-refractivity contribution in [1.82, 2.24) is 0 Å². The number of nitrogens with one attached hydrogen (secondary N) is 1. The lowest BCUT2D eigenvalue weighted by Gasteiger charge is -2.02. The third-order valence-corrected chi connectivity index (χ3v) is 3.79. The quantitative estimate of drug-likeness (QED) is 0.732. The highest BCUT2D eigenvalue weighted by molar-refractivity contribution is 9.10. The molecule has 0 amide bonds. The van der Waals surface area contributed by atoms with Gasteiger partial charge in [-0.1, -0.05) is 12.1 Å². The number of hydrogen-bond donors (Lipinski definition) is 1. The van der Waals surface area contributed by atoms with Crippen LogP contribution < -0.4 is 5.32 Å². The minimum atomic E-state index is -0.489. The van der Waals surface area contributed by atoms with E-state index in [4.69, 9.17) is 10.5 Å². The molecule has 0 aliphatic rings. The fraction of sp³-hybridized carbons (Fsp3) is 0.0667. The standard InChI is InChI=1S/C8H7BrN2.C7H3BrFN/c1-11-8-4-2-3-7(9)6(8)5-10;8-6-2-1-3-7(9)5(6)4-10/h2-4,11H,1H3;1-3H. The lowest BCUT2D eigenvalue weighted by molar-refractivity contribution is 0.623. The molecule has 0 heterocycles. The van der Waals surface area contributed by atoms with Gasteiger partial charge in [0.15, 0.2) is 0 Å². The molecular formula is C15H10Br2FN3. The van der Waals surface area contributed by atoms with E-state index in [9.17, 15) is 4.39 Å². The Bertz CT molecular complexity index is 698. The Morgan fingerprint density at radius 1 is 0.952 bits per heavy atom. The highest BCUT2D eigenvalue weighted by atomic mass is 79.9. The van der Waals surface area contributed by atoms with Crippen LogP contribution in [0.3, 0.4) is 0 Å². The molecule has 0 spiro atoms. The first-order valence-corrected chi connectivity index (χ1v) is 7.34. The van der Waals surface area contributed by atoms with Crippen LogP contribution in [0, 0.1) is 28.5 Å². The number of hydrogen-bond acceptors (Lipinski definition) is 3. The molecule has 0 saturated carbocycles. The van der Waals surface area contributed by atoms with Crippen molar-refractivity contribution in [2.75, 3.05) is 12.4 Å². The first-order chi connectivity index (χ1) is 10.0. The van der Waals surface area contributed by atoms with Crippen LogP contribution in [0.4, 0.5) is 10.1 Å². The molecule has 0 unspecified atom stereocenters. The molecular weight excluding hydrogens is 401 g/mol. The maximum Gasteiger partial charge on any atom is 0.142 e. The van der Waals surface area contributed by atoms with Crippen molar-refractivity contribution >= 4 is 37.5 Å². The molecule has 2 aromatic carbocycles. The average molecular weight is 411 g/mol. The summed E-state index contributed by atoms with van der Waals surface area (Å²) in [7, 11) is 1.79. The molecule has 0 radical (unpaired) electrons. The predicted octanol–water partition coefficient (Wildman–Crippen LogP) is 4.82. The second-order valence-electron chi connectivity index (χ2n) is 3.73. The maximum absolute atomic E-state index is 12.6. The fourth-order valence-corrected chi connectivity index (χ4v) is 2.34. The molecule has 1 N–H and O–H groups in total. The monoisotopic (exact) mass is 409 g/mol. The maximum atomic E-state index is 12.6. The number of halogens is 3. The Kier molecular flexibility index (Phi) is 6.87. The van der Waals surface area contributed by atoms with Gasteiger partial charge in [0, 0.05) is 16.0 Å². The fourth-order valence-electron chi connectivity index (χ4n) is 1.45. The van der Waals surface area contributed by atoms with Gasteiger partial charge in [-0.25, -0.2) is 4.39 Å². The van der Waals surface area contributed by atoms with Crippen LogP contribution in [0.5, 0.6) is 0 Å². The second-order valence-corrected chi connectivity index (χ2v) is 5.44. The van der Waals surface area contributed by atoms with E-state index in [0.717, 1.165) is 10.2 Å². The minimum absolute atomic E-state index is 0.0579. The number of anilines is 1. The van der Waals surface area contributed by atoms with E-state index in [0.29, 0.717) is 10.0 Å². The Hall–Kier alpha value is -1.89. The van der Waals surface area contributed by atoms with Gasteiger partial charge >= 0.3 is 0 Å². The molecule has 0 aromatic heterocycles. The summed E-state index contributed by atoms with van der Waals surface area (Å²) in [6.45, 7) is 0. The van der Waals surface area contributed by atoms with Gasteiger partial charge in [-0.3, -0.25) is 0 Å². The largest absolute Gasteiger partial charge is 0.387 e. The molecule has 2 rings (SSSR count). The van der Waals surface area contributed by atoms with Crippen molar-refractivity contribution in [2.24, 2.45) is 0 Å². The summed E-state index contributed by atoms with van der Waals surface area (Å²) in [5.41, 5.74) is 1.55. The summed E-state index contributed by atoms with van der Waals surface area (Å²) >= 11 is 6.33. The van der Waals surface area contributed by atoms with Crippen molar-refractivity contribution < 1.29 is 4.39 Å². The van der Waals surface area contributed by atoms with Crippen LogP contribution in [-0.2, 0) is 0 Å². The predicted molar refractivity (Wildman–Crippen MR) is 87.2 cm³/mol. The van der Waals surface area contributed by atoms with Gasteiger partial charge in [0.05, 0.1) is 11.3 Å².